The first-order valence-corrected chi connectivity index (χ1v) is 16.1. The van der Waals surface area contributed by atoms with Gasteiger partial charge >= 0.3 is 0 Å². The number of hydrogen-bond donors (Lipinski definition) is 2. The van der Waals surface area contributed by atoms with Crippen molar-refractivity contribution in [2.75, 3.05) is 5.75 Å². The van der Waals surface area contributed by atoms with Gasteiger partial charge in [-0.1, -0.05) is 120 Å². The van der Waals surface area contributed by atoms with Crippen LogP contribution in [0.5, 0.6) is 0 Å². The summed E-state index contributed by atoms with van der Waals surface area (Å²) in [5.74, 6) is -0.126. The van der Waals surface area contributed by atoms with Crippen molar-refractivity contribution >= 4 is 52.5 Å². The molecule has 1 aliphatic heterocycles. The summed E-state index contributed by atoms with van der Waals surface area (Å²) in [6, 6.07) is 28.8. The van der Waals surface area contributed by atoms with Crippen LogP contribution in [0, 0.1) is 11.1 Å². The van der Waals surface area contributed by atoms with Crippen molar-refractivity contribution in [1.29, 1.82) is 0 Å². The van der Waals surface area contributed by atoms with Gasteiger partial charge in [-0.05, 0) is 39.9 Å². The van der Waals surface area contributed by atoms with Gasteiger partial charge in [0.05, 0.1) is 18.8 Å². The van der Waals surface area contributed by atoms with E-state index in [1.807, 2.05) is 78.9 Å². The highest BCUT2D eigenvalue weighted by Gasteiger charge is 2.38. The maximum atomic E-state index is 12.3. The maximum Gasteiger partial charge on any atom is 0.272 e. The van der Waals surface area contributed by atoms with Gasteiger partial charge in [0.2, 0.25) is 0 Å². The average Bonchev–Trinajstić information content (AvgIpc) is 3.03. The molecular weight excluding hydrogens is 643 g/mol. The van der Waals surface area contributed by atoms with E-state index in [0.717, 1.165) is 38.1 Å². The fraction of sp³-hybridized carbons (Fsp3) is 0.273. The van der Waals surface area contributed by atoms with Crippen LogP contribution in [0.4, 0.5) is 0 Å². The van der Waals surface area contributed by atoms with Crippen LogP contribution >= 0.6 is 46.6 Å². The van der Waals surface area contributed by atoms with Gasteiger partial charge in [-0.25, -0.2) is 0 Å². The number of halogens is 3. The van der Waals surface area contributed by atoms with E-state index < -0.39 is 16.0 Å². The summed E-state index contributed by atoms with van der Waals surface area (Å²) in [5, 5.41) is 25.0. The second-order valence-electron chi connectivity index (χ2n) is 10.5. The van der Waals surface area contributed by atoms with Crippen molar-refractivity contribution in [1.82, 2.24) is 5.32 Å². The fourth-order valence-corrected chi connectivity index (χ4v) is 6.26. The molecule has 4 atom stereocenters. The molecule has 1 aliphatic rings. The second-order valence-corrected chi connectivity index (χ2v) is 13.8. The largest absolute Gasteiger partial charge is 0.618 e. The average molecular weight is 674 g/mol. The molecule has 4 aromatic rings. The Balaban J connectivity index is 1.35. The van der Waals surface area contributed by atoms with E-state index in [4.69, 9.17) is 44.3 Å². The number of rotatable bonds is 9. The van der Waals surface area contributed by atoms with Crippen LogP contribution in [0.15, 0.2) is 102 Å². The Morgan fingerprint density at radius 2 is 1.66 bits per heavy atom. The minimum Gasteiger partial charge on any atom is -0.618 e. The number of thioether (sulfide) groups is 1. The van der Waals surface area contributed by atoms with E-state index in [-0.39, 0.29) is 31.3 Å². The van der Waals surface area contributed by atoms with E-state index >= 15 is 0 Å². The third kappa shape index (κ3) is 8.06. The van der Waals surface area contributed by atoms with E-state index in [9.17, 15) is 15.1 Å². The zero-order chi connectivity index (χ0) is 31.3. The Labute approximate surface area is 275 Å². The number of benzene rings is 3. The van der Waals surface area contributed by atoms with Crippen molar-refractivity contribution in [2.45, 2.75) is 47.4 Å². The van der Waals surface area contributed by atoms with Gasteiger partial charge < -0.3 is 25.1 Å². The van der Waals surface area contributed by atoms with Gasteiger partial charge in [-0.3, -0.25) is 4.79 Å². The molecule has 2 N–H and O–H groups in total. The smallest absolute Gasteiger partial charge is 0.272 e. The molecular formula is C33H31Cl3N2O5S. The minimum atomic E-state index is -2.02. The highest BCUT2D eigenvalue weighted by molar-refractivity contribution is 7.99. The third-order valence-electron chi connectivity index (χ3n) is 7.46. The highest BCUT2D eigenvalue weighted by Crippen LogP contribution is 2.43. The number of hydrogen-bond acceptors (Lipinski definition) is 6. The number of aromatic nitrogens is 1. The van der Waals surface area contributed by atoms with Crippen molar-refractivity contribution in [3.63, 3.8) is 0 Å². The number of carbonyl (C=O) groups is 1. The third-order valence-corrected chi connectivity index (χ3v) is 9.08. The predicted octanol–water partition coefficient (Wildman–Crippen LogP) is 7.05. The lowest BCUT2D eigenvalue weighted by atomic mass is 9.91. The molecule has 0 spiro atoms. The number of aliphatic hydroxyl groups is 1. The van der Waals surface area contributed by atoms with Gasteiger partial charge in [0.25, 0.3) is 14.7 Å². The summed E-state index contributed by atoms with van der Waals surface area (Å²) in [5.41, 5.74) is 5.47. The Kier molecular flexibility index (Phi) is 10.7. The van der Waals surface area contributed by atoms with Crippen molar-refractivity contribution in [3.05, 3.63) is 125 Å². The fourth-order valence-electron chi connectivity index (χ4n) is 4.98. The topological polar surface area (TPSA) is 94.7 Å². The molecule has 0 saturated carbocycles. The molecule has 1 aromatic heterocycles. The normalized spacial score (nSPS) is 20.3. The first kappa shape index (κ1) is 32.6. The van der Waals surface area contributed by atoms with E-state index in [2.05, 4.69) is 12.2 Å². The molecule has 0 bridgehead atoms. The zero-order valence-corrected chi connectivity index (χ0v) is 26.8. The number of nitrogens with one attached hydrogen (secondary N) is 1. The molecule has 0 aliphatic carbocycles. The van der Waals surface area contributed by atoms with Crippen LogP contribution in [0.25, 0.3) is 11.1 Å². The highest BCUT2D eigenvalue weighted by atomic mass is 35.6. The molecule has 0 radical (unpaired) electrons. The first-order chi connectivity index (χ1) is 21.1. The van der Waals surface area contributed by atoms with Gasteiger partial charge in [0, 0.05) is 35.9 Å². The number of amides is 1. The quantitative estimate of drug-likeness (QED) is 0.0856. The van der Waals surface area contributed by atoms with Gasteiger partial charge in [-0.15, -0.1) is 0 Å². The second kappa shape index (κ2) is 14.5. The molecule has 1 saturated heterocycles. The van der Waals surface area contributed by atoms with Crippen molar-refractivity contribution in [2.24, 2.45) is 5.92 Å². The molecule has 5 rings (SSSR count). The van der Waals surface area contributed by atoms with E-state index in [0.29, 0.717) is 10.8 Å². The molecule has 0 unspecified atom stereocenters. The van der Waals surface area contributed by atoms with Gasteiger partial charge in [0.1, 0.15) is 0 Å². The number of nitrogens with zero attached hydrogens (tertiary/aromatic N) is 1. The summed E-state index contributed by atoms with van der Waals surface area (Å²) in [6.45, 7) is 2.28. The SMILES string of the molecule is C[C@H]1[C@@H](CSc2cccc[n+]2[O-])O[C@@H](c2ccc(-c3cccc(CNC(=O)C(Cl)(Cl)Cl)c3)cc2)O[C@H]1c1ccc(CO)cc1. The zero-order valence-electron chi connectivity index (χ0n) is 23.7. The summed E-state index contributed by atoms with van der Waals surface area (Å²) in [4.78, 5) is 11.9. The minimum absolute atomic E-state index is 0.00777. The standard InChI is InChI=1S/C33H31Cl3N2O5S/c1-21-28(20-44-29-7-2-3-16-38(29)41)42-31(43-30(21)25-10-8-22(19-39)9-11-25)26-14-12-24(13-15-26)27-6-4-5-23(17-27)18-37-32(40)33(34,35)36/h2-17,21,28,30-31,39H,18-20H2,1H3,(H,37,40)/t21-,28+,30+,31+/m0/s1. The maximum absolute atomic E-state index is 12.3. The molecule has 3 aromatic carbocycles. The van der Waals surface area contributed by atoms with Crippen LogP contribution in [0.1, 0.15) is 41.6 Å². The number of pyridine rings is 1. The van der Waals surface area contributed by atoms with Gasteiger partial charge in [0.15, 0.2) is 12.5 Å². The summed E-state index contributed by atoms with van der Waals surface area (Å²) in [6.07, 6.45) is 0.386. The van der Waals surface area contributed by atoms with Crippen molar-refractivity contribution in [3.8, 4) is 11.1 Å². The van der Waals surface area contributed by atoms with E-state index in [1.165, 1.54) is 18.0 Å². The van der Waals surface area contributed by atoms with Crippen LogP contribution in [-0.2, 0) is 27.4 Å². The summed E-state index contributed by atoms with van der Waals surface area (Å²) >= 11 is 18.4. The Morgan fingerprint density at radius 1 is 0.932 bits per heavy atom. The number of ether oxygens (including phenoxy) is 2. The Hall–Kier alpha value is -2.82. The molecule has 230 valence electrons. The molecule has 7 nitrogen and oxygen atoms in total. The van der Waals surface area contributed by atoms with Crippen LogP contribution < -0.4 is 10.0 Å². The van der Waals surface area contributed by atoms with Crippen LogP contribution in [0.3, 0.4) is 0 Å². The number of alkyl halides is 3. The Bertz CT molecular complexity index is 1570. The van der Waals surface area contributed by atoms with Crippen LogP contribution in [0.2, 0.25) is 0 Å². The molecule has 1 fully saturated rings. The predicted molar refractivity (Wildman–Crippen MR) is 173 cm³/mol. The van der Waals surface area contributed by atoms with Crippen molar-refractivity contribution < 1.29 is 24.1 Å². The number of aliphatic hydroxyl groups excluding tert-OH is 1. The lowest BCUT2D eigenvalue weighted by Gasteiger charge is -2.41. The monoisotopic (exact) mass is 672 g/mol. The summed E-state index contributed by atoms with van der Waals surface area (Å²) < 4.78 is 11.9. The van der Waals surface area contributed by atoms with Crippen LogP contribution in [-0.4, -0.2) is 26.7 Å². The first-order valence-electron chi connectivity index (χ1n) is 14.0. The summed E-state index contributed by atoms with van der Waals surface area (Å²) in [7, 11) is 0. The molecule has 11 heteroatoms. The van der Waals surface area contributed by atoms with E-state index in [1.54, 1.807) is 12.1 Å². The molecule has 44 heavy (non-hydrogen) atoms. The molecule has 2 heterocycles. The Morgan fingerprint density at radius 3 is 2.34 bits per heavy atom. The lowest BCUT2D eigenvalue weighted by molar-refractivity contribution is -0.645. The van der Waals surface area contributed by atoms with Gasteiger partial charge in [-0.2, -0.15) is 4.73 Å². The lowest BCUT2D eigenvalue weighted by Crippen LogP contribution is -2.39. The molecule has 1 amide bonds. The number of carbonyl (C=O) groups excluding carboxylic acids is 1.